The third-order valence-electron chi connectivity index (χ3n) is 1.34. The smallest absolute Gasteiger partial charge is 0.123 e. The Labute approximate surface area is 70.2 Å². The first kappa shape index (κ1) is 8.27. The number of hydrogen-bond acceptors (Lipinski definition) is 3. The monoisotopic (exact) mass is 170 g/mol. The molecule has 0 amide bonds. The molecule has 1 aromatic rings. The zero-order valence-corrected chi connectivity index (χ0v) is 7.31. The summed E-state index contributed by atoms with van der Waals surface area (Å²) >= 11 is 1.57. The van der Waals surface area contributed by atoms with Crippen LogP contribution < -0.4 is 4.74 Å². The Morgan fingerprint density at radius 1 is 1.36 bits per heavy atom. The summed E-state index contributed by atoms with van der Waals surface area (Å²) in [5, 5.41) is 9.16. The van der Waals surface area contributed by atoms with E-state index in [1.54, 1.807) is 31.0 Å². The number of phenolic OH excluding ortho intramolecular Hbond substituents is 1. The lowest BCUT2D eigenvalue weighted by atomic mass is 10.3. The number of ether oxygens (including phenoxy) is 1. The zero-order valence-electron chi connectivity index (χ0n) is 6.50. The molecule has 0 radical (unpaired) electrons. The van der Waals surface area contributed by atoms with Gasteiger partial charge in [0.15, 0.2) is 0 Å². The molecule has 1 rings (SSSR count). The number of rotatable bonds is 2. The fraction of sp³-hybridized carbons (Fsp3) is 0.250. The van der Waals surface area contributed by atoms with Gasteiger partial charge in [0, 0.05) is 11.0 Å². The standard InChI is InChI=1S/C8H10O2S/c1-10-7-3-6(9)4-8(5-7)11-2/h3-5,9H,1-2H3. The Hall–Kier alpha value is -0.830. The van der Waals surface area contributed by atoms with Gasteiger partial charge in [0.2, 0.25) is 0 Å². The Kier molecular flexibility index (Phi) is 2.65. The first-order valence-electron chi connectivity index (χ1n) is 3.18. The van der Waals surface area contributed by atoms with E-state index in [9.17, 15) is 0 Å². The van der Waals surface area contributed by atoms with Crippen molar-refractivity contribution in [3.05, 3.63) is 18.2 Å². The van der Waals surface area contributed by atoms with Crippen molar-refractivity contribution in [2.45, 2.75) is 4.90 Å². The van der Waals surface area contributed by atoms with Crippen molar-refractivity contribution < 1.29 is 9.84 Å². The molecule has 0 saturated carbocycles. The summed E-state index contributed by atoms with van der Waals surface area (Å²) in [6.45, 7) is 0. The lowest BCUT2D eigenvalue weighted by Crippen LogP contribution is -1.82. The van der Waals surface area contributed by atoms with Gasteiger partial charge in [-0.3, -0.25) is 0 Å². The molecule has 1 aromatic carbocycles. The Morgan fingerprint density at radius 2 is 2.09 bits per heavy atom. The van der Waals surface area contributed by atoms with Crippen molar-refractivity contribution in [2.24, 2.45) is 0 Å². The fourth-order valence-electron chi connectivity index (χ4n) is 0.792. The number of aromatic hydroxyl groups is 1. The van der Waals surface area contributed by atoms with Gasteiger partial charge in [0.1, 0.15) is 11.5 Å². The summed E-state index contributed by atoms with van der Waals surface area (Å²) in [5.74, 6) is 0.933. The van der Waals surface area contributed by atoms with E-state index in [-0.39, 0.29) is 5.75 Å². The summed E-state index contributed by atoms with van der Waals surface area (Å²) < 4.78 is 4.96. The summed E-state index contributed by atoms with van der Waals surface area (Å²) in [5.41, 5.74) is 0. The number of thioether (sulfide) groups is 1. The second-order valence-corrected chi connectivity index (χ2v) is 2.95. The van der Waals surface area contributed by atoms with Crippen molar-refractivity contribution in [2.75, 3.05) is 13.4 Å². The van der Waals surface area contributed by atoms with Crippen LogP contribution in [-0.2, 0) is 0 Å². The minimum absolute atomic E-state index is 0.244. The molecule has 0 aromatic heterocycles. The molecule has 3 heteroatoms. The first-order valence-corrected chi connectivity index (χ1v) is 4.41. The van der Waals surface area contributed by atoms with Crippen molar-refractivity contribution in [3.63, 3.8) is 0 Å². The van der Waals surface area contributed by atoms with Crippen LogP contribution in [0.15, 0.2) is 23.1 Å². The number of phenols is 1. The summed E-state index contributed by atoms with van der Waals surface area (Å²) in [4.78, 5) is 1.00. The van der Waals surface area contributed by atoms with Gasteiger partial charge in [0.05, 0.1) is 7.11 Å². The second-order valence-electron chi connectivity index (χ2n) is 2.07. The molecular weight excluding hydrogens is 160 g/mol. The molecule has 0 spiro atoms. The average molecular weight is 170 g/mol. The van der Waals surface area contributed by atoms with Crippen molar-refractivity contribution in [1.29, 1.82) is 0 Å². The van der Waals surface area contributed by atoms with Gasteiger partial charge < -0.3 is 9.84 Å². The highest BCUT2D eigenvalue weighted by molar-refractivity contribution is 7.98. The van der Waals surface area contributed by atoms with Crippen molar-refractivity contribution in [1.82, 2.24) is 0 Å². The van der Waals surface area contributed by atoms with Crippen molar-refractivity contribution in [3.8, 4) is 11.5 Å². The summed E-state index contributed by atoms with van der Waals surface area (Å²) in [6, 6.07) is 5.16. The average Bonchev–Trinajstić information content (AvgIpc) is 2.03. The number of hydrogen-bond donors (Lipinski definition) is 1. The molecule has 60 valence electrons. The molecule has 2 nitrogen and oxygen atoms in total. The lowest BCUT2D eigenvalue weighted by Gasteiger charge is -2.02. The highest BCUT2D eigenvalue weighted by Crippen LogP contribution is 2.26. The molecule has 0 aliphatic rings. The molecule has 0 aliphatic heterocycles. The zero-order chi connectivity index (χ0) is 8.27. The van der Waals surface area contributed by atoms with Gasteiger partial charge in [-0.15, -0.1) is 11.8 Å². The predicted molar refractivity (Wildman–Crippen MR) is 46.4 cm³/mol. The largest absolute Gasteiger partial charge is 0.508 e. The summed E-state index contributed by atoms with van der Waals surface area (Å²) in [7, 11) is 1.58. The van der Waals surface area contributed by atoms with Crippen LogP contribution in [0.1, 0.15) is 0 Å². The van der Waals surface area contributed by atoms with Crippen LogP contribution in [0, 0.1) is 0 Å². The van der Waals surface area contributed by atoms with Crippen LogP contribution in [0.3, 0.4) is 0 Å². The fourth-order valence-corrected chi connectivity index (χ4v) is 1.27. The van der Waals surface area contributed by atoms with Gasteiger partial charge in [0.25, 0.3) is 0 Å². The summed E-state index contributed by atoms with van der Waals surface area (Å²) in [6.07, 6.45) is 1.95. The van der Waals surface area contributed by atoms with Crippen molar-refractivity contribution >= 4 is 11.8 Å². The van der Waals surface area contributed by atoms with Crippen LogP contribution in [0.2, 0.25) is 0 Å². The molecule has 1 N–H and O–H groups in total. The molecular formula is C8H10O2S. The van der Waals surface area contributed by atoms with Gasteiger partial charge >= 0.3 is 0 Å². The maximum Gasteiger partial charge on any atom is 0.123 e. The predicted octanol–water partition coefficient (Wildman–Crippen LogP) is 2.12. The van der Waals surface area contributed by atoms with Crippen LogP contribution in [0.25, 0.3) is 0 Å². The van der Waals surface area contributed by atoms with E-state index in [1.807, 2.05) is 12.3 Å². The Bertz CT molecular complexity index is 226. The van der Waals surface area contributed by atoms with Crippen LogP contribution in [0.4, 0.5) is 0 Å². The van der Waals surface area contributed by atoms with E-state index in [0.29, 0.717) is 5.75 Å². The topological polar surface area (TPSA) is 29.5 Å². The molecule has 0 unspecified atom stereocenters. The van der Waals surface area contributed by atoms with Gasteiger partial charge in [-0.2, -0.15) is 0 Å². The van der Waals surface area contributed by atoms with E-state index >= 15 is 0 Å². The molecule has 0 atom stereocenters. The maximum atomic E-state index is 9.16. The Balaban J connectivity index is 3.02. The molecule has 11 heavy (non-hydrogen) atoms. The third-order valence-corrected chi connectivity index (χ3v) is 2.04. The van der Waals surface area contributed by atoms with E-state index in [1.165, 1.54) is 0 Å². The normalized spacial score (nSPS) is 9.64. The van der Waals surface area contributed by atoms with E-state index in [4.69, 9.17) is 9.84 Å². The minimum Gasteiger partial charge on any atom is -0.508 e. The molecule has 0 heterocycles. The van der Waals surface area contributed by atoms with Gasteiger partial charge in [-0.25, -0.2) is 0 Å². The number of benzene rings is 1. The van der Waals surface area contributed by atoms with Crippen LogP contribution in [0.5, 0.6) is 11.5 Å². The third kappa shape index (κ3) is 2.05. The maximum absolute atomic E-state index is 9.16. The first-order chi connectivity index (χ1) is 5.26. The SMILES string of the molecule is COc1cc(O)cc(SC)c1. The van der Waals surface area contributed by atoms with E-state index < -0.39 is 0 Å². The molecule has 0 aliphatic carbocycles. The molecule has 0 bridgehead atoms. The highest BCUT2D eigenvalue weighted by Gasteiger charge is 1.97. The number of methoxy groups -OCH3 is 1. The lowest BCUT2D eigenvalue weighted by molar-refractivity contribution is 0.406. The quantitative estimate of drug-likeness (QED) is 0.689. The Morgan fingerprint density at radius 3 is 2.64 bits per heavy atom. The highest BCUT2D eigenvalue weighted by atomic mass is 32.2. The molecule has 0 saturated heterocycles. The second kappa shape index (κ2) is 3.53. The van der Waals surface area contributed by atoms with E-state index in [2.05, 4.69) is 0 Å². The molecule has 0 fully saturated rings. The van der Waals surface area contributed by atoms with Crippen LogP contribution in [-0.4, -0.2) is 18.5 Å². The van der Waals surface area contributed by atoms with E-state index in [0.717, 1.165) is 4.90 Å². The van der Waals surface area contributed by atoms with Gasteiger partial charge in [-0.1, -0.05) is 0 Å². The van der Waals surface area contributed by atoms with Gasteiger partial charge in [-0.05, 0) is 18.4 Å². The minimum atomic E-state index is 0.244. The van der Waals surface area contributed by atoms with Crippen LogP contribution >= 0.6 is 11.8 Å².